The maximum absolute atomic E-state index is 12.7. The third kappa shape index (κ3) is 6.20. The summed E-state index contributed by atoms with van der Waals surface area (Å²) in [6.07, 6.45) is 6.27. The van der Waals surface area contributed by atoms with E-state index in [1.165, 1.54) is 12.4 Å². The van der Waals surface area contributed by atoms with Gasteiger partial charge in [-0.15, -0.1) is 0 Å². The standard InChI is InChI=1S/C31H28Cl2N6O2/c32-22-17-34-18-23(33)29(22)31(40)36-16-20-7-9-21(10-8-20)19-39(26-12-15-41-27-6-3-13-35-30(26)27)14-11-28-37-24-4-1-2-5-25(24)38-28/h1-10,13,17-18,26H,11-12,14-16,19H2,(H,36,40)(H,37,38). The zero-order valence-electron chi connectivity index (χ0n) is 22.2. The molecule has 3 aromatic heterocycles. The summed E-state index contributed by atoms with van der Waals surface area (Å²) in [5.41, 5.74) is 5.34. The number of pyridine rings is 2. The summed E-state index contributed by atoms with van der Waals surface area (Å²) in [5.74, 6) is 1.47. The van der Waals surface area contributed by atoms with Gasteiger partial charge in [-0.2, -0.15) is 0 Å². The van der Waals surface area contributed by atoms with Crippen LogP contribution in [0.25, 0.3) is 11.0 Å². The molecule has 10 heteroatoms. The van der Waals surface area contributed by atoms with Gasteiger partial charge in [0.05, 0.1) is 45.0 Å². The molecule has 0 bridgehead atoms. The molecule has 0 saturated carbocycles. The summed E-state index contributed by atoms with van der Waals surface area (Å²) in [7, 11) is 0. The fourth-order valence-corrected chi connectivity index (χ4v) is 5.70. The van der Waals surface area contributed by atoms with Crippen molar-refractivity contribution in [3.05, 3.63) is 118 Å². The van der Waals surface area contributed by atoms with E-state index in [9.17, 15) is 4.79 Å². The number of aromatic amines is 1. The van der Waals surface area contributed by atoms with Crippen LogP contribution in [0.3, 0.4) is 0 Å². The highest BCUT2D eigenvalue weighted by Gasteiger charge is 2.28. The Morgan fingerprint density at radius 2 is 1.80 bits per heavy atom. The van der Waals surface area contributed by atoms with E-state index in [4.69, 9.17) is 37.9 Å². The predicted octanol–water partition coefficient (Wildman–Crippen LogP) is 6.16. The highest BCUT2D eigenvalue weighted by Crippen LogP contribution is 2.35. The van der Waals surface area contributed by atoms with E-state index in [-0.39, 0.29) is 27.6 Å². The minimum atomic E-state index is -0.339. The van der Waals surface area contributed by atoms with Crippen LogP contribution in [-0.4, -0.2) is 43.9 Å². The Morgan fingerprint density at radius 3 is 2.61 bits per heavy atom. The van der Waals surface area contributed by atoms with Gasteiger partial charge in [-0.05, 0) is 35.4 Å². The van der Waals surface area contributed by atoms with Crippen molar-refractivity contribution in [1.29, 1.82) is 0 Å². The number of hydrogen-bond donors (Lipinski definition) is 2. The van der Waals surface area contributed by atoms with E-state index in [1.54, 1.807) is 0 Å². The number of rotatable bonds is 9. The van der Waals surface area contributed by atoms with Gasteiger partial charge in [0.25, 0.3) is 5.91 Å². The Labute approximate surface area is 247 Å². The van der Waals surface area contributed by atoms with Gasteiger partial charge in [-0.25, -0.2) is 4.98 Å². The van der Waals surface area contributed by atoms with Crippen molar-refractivity contribution in [3.8, 4) is 5.75 Å². The Morgan fingerprint density at radius 1 is 1.02 bits per heavy atom. The van der Waals surface area contributed by atoms with Gasteiger partial charge >= 0.3 is 0 Å². The molecule has 6 rings (SSSR count). The lowest BCUT2D eigenvalue weighted by Crippen LogP contribution is -2.34. The fourth-order valence-electron chi connectivity index (χ4n) is 5.16. The monoisotopic (exact) mass is 586 g/mol. The Kier molecular flexibility index (Phi) is 8.14. The van der Waals surface area contributed by atoms with E-state index in [1.807, 2.05) is 54.7 Å². The molecule has 0 aliphatic carbocycles. The smallest absolute Gasteiger partial charge is 0.254 e. The first-order valence-corrected chi connectivity index (χ1v) is 14.2. The highest BCUT2D eigenvalue weighted by atomic mass is 35.5. The van der Waals surface area contributed by atoms with Crippen LogP contribution >= 0.6 is 23.2 Å². The molecule has 0 saturated heterocycles. The molecule has 1 unspecified atom stereocenters. The number of halogens is 2. The second-order valence-electron chi connectivity index (χ2n) is 9.94. The normalized spacial score (nSPS) is 14.6. The molecule has 208 valence electrons. The van der Waals surface area contributed by atoms with Gasteiger partial charge in [0.15, 0.2) is 0 Å². The lowest BCUT2D eigenvalue weighted by atomic mass is 10.0. The van der Waals surface area contributed by atoms with Crippen LogP contribution in [0.2, 0.25) is 10.0 Å². The van der Waals surface area contributed by atoms with Crippen LogP contribution < -0.4 is 10.1 Å². The highest BCUT2D eigenvalue weighted by molar-refractivity contribution is 6.39. The minimum Gasteiger partial charge on any atom is -0.492 e. The Hall–Kier alpha value is -3.98. The van der Waals surface area contributed by atoms with E-state index in [0.29, 0.717) is 13.2 Å². The summed E-state index contributed by atoms with van der Waals surface area (Å²) in [5, 5.41) is 3.33. The van der Waals surface area contributed by atoms with Gasteiger partial charge in [0.2, 0.25) is 0 Å². The maximum Gasteiger partial charge on any atom is 0.254 e. The molecular formula is C31H28Cl2N6O2. The summed E-state index contributed by atoms with van der Waals surface area (Å²) in [6.45, 7) is 2.53. The first-order chi connectivity index (χ1) is 20.0. The molecule has 1 amide bonds. The number of nitrogens with one attached hydrogen (secondary N) is 2. The molecule has 5 aromatic rings. The Bertz CT molecular complexity index is 1620. The molecule has 1 aliphatic heterocycles. The number of hydrogen-bond acceptors (Lipinski definition) is 6. The van der Waals surface area contributed by atoms with Gasteiger partial charge in [0.1, 0.15) is 11.6 Å². The van der Waals surface area contributed by atoms with E-state index >= 15 is 0 Å². The van der Waals surface area contributed by atoms with Crippen LogP contribution in [0.5, 0.6) is 5.75 Å². The summed E-state index contributed by atoms with van der Waals surface area (Å²) >= 11 is 12.3. The average Bonchev–Trinajstić information content (AvgIpc) is 3.42. The largest absolute Gasteiger partial charge is 0.492 e. The second-order valence-corrected chi connectivity index (χ2v) is 10.8. The van der Waals surface area contributed by atoms with Crippen molar-refractivity contribution in [3.63, 3.8) is 0 Å². The first kappa shape index (κ1) is 27.2. The molecule has 0 fully saturated rings. The number of para-hydroxylation sites is 2. The minimum absolute atomic E-state index is 0.123. The number of carbonyl (C=O) groups excluding carboxylic acids is 1. The first-order valence-electron chi connectivity index (χ1n) is 13.5. The van der Waals surface area contributed by atoms with Crippen LogP contribution in [0.15, 0.2) is 79.3 Å². The zero-order valence-corrected chi connectivity index (χ0v) is 23.7. The molecule has 8 nitrogen and oxygen atoms in total. The van der Waals surface area contributed by atoms with Crippen molar-refractivity contribution in [1.82, 2.24) is 30.2 Å². The number of fused-ring (bicyclic) bond motifs is 2. The van der Waals surface area contributed by atoms with E-state index < -0.39 is 0 Å². The van der Waals surface area contributed by atoms with Crippen molar-refractivity contribution in [2.75, 3.05) is 13.2 Å². The number of nitrogens with zero attached hydrogens (tertiary/aromatic N) is 4. The topological polar surface area (TPSA) is 96.0 Å². The van der Waals surface area contributed by atoms with Crippen molar-refractivity contribution in [2.45, 2.75) is 32.0 Å². The van der Waals surface area contributed by atoms with E-state index in [0.717, 1.165) is 65.4 Å². The molecule has 4 heterocycles. The quantitative estimate of drug-likeness (QED) is 0.215. The molecular weight excluding hydrogens is 559 g/mol. The number of ether oxygens (including phenoxy) is 1. The SMILES string of the molecule is O=C(NCc1ccc(CN(CCc2nc3ccccc3[nH]2)C2CCOc3cccnc32)cc1)c1c(Cl)cncc1Cl. The average molecular weight is 588 g/mol. The Balaban J connectivity index is 1.17. The van der Waals surface area contributed by atoms with Crippen molar-refractivity contribution in [2.24, 2.45) is 0 Å². The van der Waals surface area contributed by atoms with Gasteiger partial charge in [-0.3, -0.25) is 19.7 Å². The number of carbonyl (C=O) groups is 1. The van der Waals surface area contributed by atoms with Gasteiger partial charge in [-0.1, -0.05) is 59.6 Å². The number of H-pyrrole nitrogens is 1. The van der Waals surface area contributed by atoms with Crippen LogP contribution in [0.4, 0.5) is 0 Å². The second kappa shape index (κ2) is 12.3. The van der Waals surface area contributed by atoms with Crippen molar-refractivity contribution < 1.29 is 9.53 Å². The molecule has 1 atom stereocenters. The number of benzene rings is 2. The lowest BCUT2D eigenvalue weighted by molar-refractivity contribution is 0.0951. The van der Waals surface area contributed by atoms with Gasteiger partial charge in [0, 0.05) is 51.1 Å². The predicted molar refractivity (Wildman–Crippen MR) is 159 cm³/mol. The number of imidazole rings is 1. The lowest BCUT2D eigenvalue weighted by Gasteiger charge is -2.35. The third-order valence-electron chi connectivity index (χ3n) is 7.22. The molecule has 2 N–H and O–H groups in total. The summed E-state index contributed by atoms with van der Waals surface area (Å²) < 4.78 is 5.90. The maximum atomic E-state index is 12.7. The summed E-state index contributed by atoms with van der Waals surface area (Å²) in [4.78, 5) is 31.9. The zero-order chi connectivity index (χ0) is 28.2. The van der Waals surface area contributed by atoms with Crippen LogP contribution in [0, 0.1) is 0 Å². The molecule has 1 aliphatic rings. The van der Waals surface area contributed by atoms with Gasteiger partial charge < -0.3 is 15.0 Å². The molecule has 0 spiro atoms. The number of amides is 1. The molecule has 41 heavy (non-hydrogen) atoms. The third-order valence-corrected chi connectivity index (χ3v) is 7.79. The number of aromatic nitrogens is 4. The van der Waals surface area contributed by atoms with Crippen LogP contribution in [-0.2, 0) is 19.5 Å². The van der Waals surface area contributed by atoms with Crippen LogP contribution in [0.1, 0.15) is 45.5 Å². The van der Waals surface area contributed by atoms with Crippen molar-refractivity contribution >= 4 is 40.1 Å². The molecule has 2 aromatic carbocycles. The van der Waals surface area contributed by atoms with E-state index in [2.05, 4.69) is 32.3 Å². The molecule has 0 radical (unpaired) electrons. The fraction of sp³-hybridized carbons (Fsp3) is 0.226. The summed E-state index contributed by atoms with van der Waals surface area (Å²) in [6, 6.07) is 20.4.